The monoisotopic (exact) mass is 417 g/mol. The van der Waals surface area contributed by atoms with E-state index in [4.69, 9.17) is 21.3 Å². The Morgan fingerprint density at radius 2 is 1.69 bits per heavy atom. The Labute approximate surface area is 174 Å². The lowest BCUT2D eigenvalue weighted by molar-refractivity contribution is 0.122. The number of halogens is 1. The van der Waals surface area contributed by atoms with Crippen LogP contribution in [0.5, 0.6) is 5.75 Å². The largest absolute Gasteiger partial charge is 0.507 e. The Hall–Kier alpha value is -2.65. The quantitative estimate of drug-likeness (QED) is 0.565. The zero-order valence-corrected chi connectivity index (χ0v) is 16.8. The number of hydrazone groups is 1. The van der Waals surface area contributed by atoms with Crippen LogP contribution in [0.15, 0.2) is 23.3 Å². The molecular weight excluding hydrogens is 394 g/mol. The smallest absolute Gasteiger partial charge is 0.250 e. The summed E-state index contributed by atoms with van der Waals surface area (Å²) in [5.74, 6) is 1.73. The molecule has 2 saturated heterocycles. The van der Waals surface area contributed by atoms with Crippen LogP contribution in [0.3, 0.4) is 0 Å². The number of phenols is 1. The number of nitrogens with zero attached hydrogens (tertiary/aromatic N) is 6. The van der Waals surface area contributed by atoms with Gasteiger partial charge in [-0.3, -0.25) is 0 Å². The van der Waals surface area contributed by atoms with E-state index in [2.05, 4.69) is 30.3 Å². The fourth-order valence-electron chi connectivity index (χ4n) is 3.33. The number of aromatic nitrogens is 3. The van der Waals surface area contributed by atoms with Gasteiger partial charge in [0.25, 0.3) is 0 Å². The zero-order valence-electron chi connectivity index (χ0n) is 16.1. The van der Waals surface area contributed by atoms with Gasteiger partial charge in [-0.15, -0.1) is 0 Å². The molecule has 0 unspecified atom stereocenters. The number of aromatic hydroxyl groups is 1. The van der Waals surface area contributed by atoms with Crippen molar-refractivity contribution in [1.29, 1.82) is 0 Å². The van der Waals surface area contributed by atoms with Crippen LogP contribution >= 0.6 is 11.6 Å². The van der Waals surface area contributed by atoms with Crippen LogP contribution in [0.1, 0.15) is 24.8 Å². The van der Waals surface area contributed by atoms with Crippen LogP contribution in [0.2, 0.25) is 5.02 Å². The van der Waals surface area contributed by atoms with Crippen LogP contribution in [0, 0.1) is 0 Å². The third-order valence-corrected chi connectivity index (χ3v) is 5.14. The molecule has 2 aromatic rings. The number of morpholine rings is 1. The average molecular weight is 418 g/mol. The summed E-state index contributed by atoms with van der Waals surface area (Å²) < 4.78 is 5.44. The fraction of sp³-hybridized carbons (Fsp3) is 0.474. The van der Waals surface area contributed by atoms with Gasteiger partial charge < -0.3 is 19.6 Å². The predicted octanol–water partition coefficient (Wildman–Crippen LogP) is 2.50. The molecule has 2 N–H and O–H groups in total. The van der Waals surface area contributed by atoms with Crippen molar-refractivity contribution in [3.63, 3.8) is 0 Å². The second-order valence-electron chi connectivity index (χ2n) is 6.98. The van der Waals surface area contributed by atoms with E-state index in [1.165, 1.54) is 18.7 Å². The van der Waals surface area contributed by atoms with Gasteiger partial charge in [0.2, 0.25) is 17.8 Å². The molecule has 2 aliphatic rings. The first kappa shape index (κ1) is 19.7. The summed E-state index contributed by atoms with van der Waals surface area (Å²) >= 11 is 5.98. The second kappa shape index (κ2) is 9.23. The maximum Gasteiger partial charge on any atom is 0.250 e. The van der Waals surface area contributed by atoms with Crippen molar-refractivity contribution in [3.8, 4) is 5.75 Å². The second-order valence-corrected chi connectivity index (χ2v) is 7.42. The summed E-state index contributed by atoms with van der Waals surface area (Å²) in [6.07, 6.45) is 4.98. The van der Waals surface area contributed by atoms with Gasteiger partial charge >= 0.3 is 0 Å². The molecule has 2 aliphatic heterocycles. The minimum absolute atomic E-state index is 0.0959. The Morgan fingerprint density at radius 3 is 2.41 bits per heavy atom. The first-order valence-electron chi connectivity index (χ1n) is 9.80. The van der Waals surface area contributed by atoms with Crippen molar-refractivity contribution in [1.82, 2.24) is 15.0 Å². The Bertz CT molecular complexity index is 831. The van der Waals surface area contributed by atoms with Crippen LogP contribution in [0.25, 0.3) is 0 Å². The van der Waals surface area contributed by atoms with Crippen molar-refractivity contribution >= 4 is 35.7 Å². The molecule has 29 heavy (non-hydrogen) atoms. The maximum atomic E-state index is 9.92. The normalized spacial score (nSPS) is 17.7. The maximum absolute atomic E-state index is 9.92. The van der Waals surface area contributed by atoms with Crippen molar-refractivity contribution in [3.05, 3.63) is 28.8 Å². The van der Waals surface area contributed by atoms with E-state index < -0.39 is 0 Å². The van der Waals surface area contributed by atoms with E-state index in [-0.39, 0.29) is 5.75 Å². The highest BCUT2D eigenvalue weighted by molar-refractivity contribution is 6.30. The number of benzene rings is 1. The van der Waals surface area contributed by atoms with Crippen LogP contribution < -0.4 is 15.2 Å². The van der Waals surface area contributed by atoms with Gasteiger partial charge in [0.05, 0.1) is 19.4 Å². The molecule has 4 rings (SSSR count). The summed E-state index contributed by atoms with van der Waals surface area (Å²) in [6.45, 7) is 4.65. The summed E-state index contributed by atoms with van der Waals surface area (Å²) in [5.41, 5.74) is 3.37. The Kier molecular flexibility index (Phi) is 6.26. The first-order valence-corrected chi connectivity index (χ1v) is 10.2. The van der Waals surface area contributed by atoms with E-state index in [0.717, 1.165) is 39.0 Å². The van der Waals surface area contributed by atoms with Crippen molar-refractivity contribution in [2.75, 3.05) is 54.6 Å². The topological polar surface area (TPSA) is 99.0 Å². The minimum atomic E-state index is 0.0959. The number of piperidine rings is 1. The third-order valence-electron chi connectivity index (χ3n) is 4.90. The fourth-order valence-corrected chi connectivity index (χ4v) is 3.51. The number of phenolic OH excluding ortho intramolecular Hbond substituents is 1. The number of hydrogen-bond acceptors (Lipinski definition) is 9. The summed E-state index contributed by atoms with van der Waals surface area (Å²) in [5, 5.41) is 14.6. The van der Waals surface area contributed by atoms with E-state index in [9.17, 15) is 5.11 Å². The third kappa shape index (κ3) is 5.04. The molecule has 10 heteroatoms. The highest BCUT2D eigenvalue weighted by atomic mass is 35.5. The van der Waals surface area contributed by atoms with Crippen molar-refractivity contribution in [2.45, 2.75) is 19.3 Å². The standard InChI is InChI=1S/C19H24ClN7O2/c20-15-4-5-16(28)14(12-15)13-21-25-17-22-18(26-6-2-1-3-7-26)24-19(23-17)27-8-10-29-11-9-27/h4-5,12-13,28H,1-3,6-11H2,(H,22,23,24,25). The molecule has 0 spiro atoms. The van der Waals surface area contributed by atoms with Crippen LogP contribution in [-0.4, -0.2) is 65.7 Å². The van der Waals surface area contributed by atoms with Gasteiger partial charge in [-0.05, 0) is 37.5 Å². The number of ether oxygens (including phenoxy) is 1. The minimum Gasteiger partial charge on any atom is -0.507 e. The summed E-state index contributed by atoms with van der Waals surface area (Å²) in [6, 6.07) is 4.78. The van der Waals surface area contributed by atoms with Gasteiger partial charge in [0.15, 0.2) is 0 Å². The molecule has 2 fully saturated rings. The molecule has 0 saturated carbocycles. The van der Waals surface area contributed by atoms with Crippen LogP contribution in [0.4, 0.5) is 17.8 Å². The molecule has 3 heterocycles. The van der Waals surface area contributed by atoms with Crippen molar-refractivity contribution in [2.24, 2.45) is 5.10 Å². The number of hydrogen-bond donors (Lipinski definition) is 2. The number of nitrogens with one attached hydrogen (secondary N) is 1. The first-order chi connectivity index (χ1) is 14.2. The molecular formula is C19H24ClN7O2. The van der Waals surface area contributed by atoms with E-state index in [0.29, 0.717) is 41.6 Å². The SMILES string of the molecule is Oc1ccc(Cl)cc1C=NNc1nc(N2CCCCC2)nc(N2CCOCC2)n1. The lowest BCUT2D eigenvalue weighted by atomic mass is 10.1. The number of rotatable bonds is 5. The molecule has 0 radical (unpaired) electrons. The Morgan fingerprint density at radius 1 is 1.00 bits per heavy atom. The molecule has 0 amide bonds. The van der Waals surface area contributed by atoms with Gasteiger partial charge in [-0.25, -0.2) is 5.43 Å². The van der Waals surface area contributed by atoms with Gasteiger partial charge in [0, 0.05) is 36.8 Å². The van der Waals surface area contributed by atoms with Gasteiger partial charge in [-0.1, -0.05) is 11.6 Å². The molecule has 1 aromatic heterocycles. The lowest BCUT2D eigenvalue weighted by Crippen LogP contribution is -2.38. The highest BCUT2D eigenvalue weighted by Gasteiger charge is 2.20. The summed E-state index contributed by atoms with van der Waals surface area (Å²) in [4.78, 5) is 18.1. The molecule has 1 aromatic carbocycles. The predicted molar refractivity (Wildman–Crippen MR) is 113 cm³/mol. The molecule has 0 aliphatic carbocycles. The molecule has 9 nitrogen and oxygen atoms in total. The number of anilines is 3. The van der Waals surface area contributed by atoms with E-state index in [1.807, 2.05) is 0 Å². The van der Waals surface area contributed by atoms with Gasteiger partial charge in [-0.2, -0.15) is 20.1 Å². The molecule has 154 valence electrons. The lowest BCUT2D eigenvalue weighted by Gasteiger charge is -2.30. The summed E-state index contributed by atoms with van der Waals surface area (Å²) in [7, 11) is 0. The van der Waals surface area contributed by atoms with Gasteiger partial charge in [0.1, 0.15) is 5.75 Å². The molecule has 0 atom stereocenters. The van der Waals surface area contributed by atoms with E-state index in [1.54, 1.807) is 12.1 Å². The Balaban J connectivity index is 1.57. The van der Waals surface area contributed by atoms with Crippen LogP contribution in [-0.2, 0) is 4.74 Å². The highest BCUT2D eigenvalue weighted by Crippen LogP contribution is 2.22. The molecule has 0 bridgehead atoms. The van der Waals surface area contributed by atoms with E-state index >= 15 is 0 Å². The van der Waals surface area contributed by atoms with Crippen molar-refractivity contribution < 1.29 is 9.84 Å². The zero-order chi connectivity index (χ0) is 20.1. The average Bonchev–Trinajstić information content (AvgIpc) is 2.77.